The summed E-state index contributed by atoms with van der Waals surface area (Å²) in [6, 6.07) is 37.7. The van der Waals surface area contributed by atoms with E-state index in [-0.39, 0.29) is 0 Å². The minimum absolute atomic E-state index is 0.846. The van der Waals surface area contributed by atoms with E-state index in [2.05, 4.69) is 28.2 Å². The van der Waals surface area contributed by atoms with Crippen molar-refractivity contribution >= 4 is 9.66 Å². The second-order valence-electron chi connectivity index (χ2n) is 7.38. The Hall–Kier alpha value is -3.98. The van der Waals surface area contributed by atoms with Crippen LogP contribution in [0.15, 0.2) is 142 Å². The molecule has 0 spiro atoms. The monoisotopic (exact) mass is 431 g/mol. The van der Waals surface area contributed by atoms with E-state index in [0.717, 1.165) is 37.2 Å². The average molecular weight is 432 g/mol. The molecule has 0 atom stereocenters. The molecule has 0 amide bonds. The lowest BCUT2D eigenvalue weighted by atomic mass is 10.0. The van der Waals surface area contributed by atoms with Gasteiger partial charge in [0.25, 0.3) is 0 Å². The van der Waals surface area contributed by atoms with Crippen LogP contribution in [-0.4, -0.2) is 9.97 Å². The second-order valence-corrected chi connectivity index (χ2v) is 9.96. The van der Waals surface area contributed by atoms with Crippen LogP contribution in [0.3, 0.4) is 0 Å². The van der Waals surface area contributed by atoms with Gasteiger partial charge in [-0.05, 0) is 66.7 Å². The number of nitrogens with zero attached hydrogens (tertiary/aromatic N) is 3. The van der Waals surface area contributed by atoms with Gasteiger partial charge in [0.15, 0.2) is 0 Å². The predicted molar refractivity (Wildman–Crippen MR) is 130 cm³/mol. The van der Waals surface area contributed by atoms with Gasteiger partial charge in [0.05, 0.1) is 11.4 Å². The van der Waals surface area contributed by atoms with E-state index < -0.39 is 9.66 Å². The Morgan fingerprint density at radius 2 is 0.906 bits per heavy atom. The highest BCUT2D eigenvalue weighted by molar-refractivity contribution is 8.21. The summed E-state index contributed by atoms with van der Waals surface area (Å²) < 4.78 is 12.4. The molecule has 0 saturated heterocycles. The van der Waals surface area contributed by atoms with Crippen LogP contribution in [0, 0.1) is 4.61 Å². The fourth-order valence-electron chi connectivity index (χ4n) is 3.78. The lowest BCUT2D eigenvalue weighted by molar-refractivity contribution is 1.26. The van der Waals surface area contributed by atoms with Crippen molar-refractivity contribution in [1.82, 2.24) is 9.97 Å². The van der Waals surface area contributed by atoms with Crippen molar-refractivity contribution in [2.45, 2.75) is 14.7 Å². The molecule has 5 rings (SSSR count). The number of hydrogen-bond acceptors (Lipinski definition) is 3. The lowest BCUT2D eigenvalue weighted by Crippen LogP contribution is -1.95. The van der Waals surface area contributed by atoms with Crippen molar-refractivity contribution in [2.24, 2.45) is 0 Å². The average Bonchev–Trinajstić information content (AvgIpc) is 2.90. The molecule has 3 aromatic carbocycles. The van der Waals surface area contributed by atoms with E-state index in [4.69, 9.17) is 0 Å². The summed E-state index contributed by atoms with van der Waals surface area (Å²) in [7, 11) is -2.49. The van der Waals surface area contributed by atoms with Gasteiger partial charge >= 0.3 is 0 Å². The molecule has 0 aliphatic rings. The molecule has 0 aliphatic carbocycles. The predicted octanol–water partition coefficient (Wildman–Crippen LogP) is 7.57. The summed E-state index contributed by atoms with van der Waals surface area (Å²) in [5.41, 5.74) is 3.60. The lowest BCUT2D eigenvalue weighted by Gasteiger charge is -2.22. The second kappa shape index (κ2) is 8.64. The van der Waals surface area contributed by atoms with Crippen molar-refractivity contribution in [3.8, 4) is 22.5 Å². The van der Waals surface area contributed by atoms with E-state index in [1.807, 2.05) is 97.1 Å². The molecule has 3 nitrogen and oxygen atoms in total. The maximum absolute atomic E-state index is 12.4. The van der Waals surface area contributed by atoms with Crippen LogP contribution in [0.2, 0.25) is 0 Å². The largest absolute Gasteiger partial charge is 0.256 e. The van der Waals surface area contributed by atoms with E-state index in [9.17, 15) is 4.61 Å². The number of rotatable bonds is 2. The molecule has 0 saturated carbocycles. The molecule has 0 bridgehead atoms. The topological polar surface area (TPSA) is 49.6 Å². The Labute approximate surface area is 189 Å². The summed E-state index contributed by atoms with van der Waals surface area (Å²) in [5.74, 6) is 0. The molecule has 0 unspecified atom stereocenters. The fraction of sp³-hybridized carbons (Fsp3) is 0. The Balaban J connectivity index is 1.81. The molecule has 32 heavy (non-hydrogen) atoms. The zero-order valence-electron chi connectivity index (χ0n) is 17.4. The fourth-order valence-corrected chi connectivity index (χ4v) is 6.29. The molecule has 154 valence electrons. The highest BCUT2D eigenvalue weighted by Crippen LogP contribution is 2.57. The summed E-state index contributed by atoms with van der Waals surface area (Å²) >= 11 is 0. The van der Waals surface area contributed by atoms with Crippen LogP contribution in [0.25, 0.3) is 22.5 Å². The maximum Gasteiger partial charge on any atom is 0.0702 e. The van der Waals surface area contributed by atoms with E-state index in [0.29, 0.717) is 0 Å². The Bertz CT molecular complexity index is 1340. The molecule has 4 heteroatoms. The summed E-state index contributed by atoms with van der Waals surface area (Å²) in [6.07, 6.45) is 3.58. The third-order valence-electron chi connectivity index (χ3n) is 5.34. The van der Waals surface area contributed by atoms with E-state index in [1.54, 1.807) is 12.4 Å². The van der Waals surface area contributed by atoms with Crippen molar-refractivity contribution in [1.29, 1.82) is 4.61 Å². The smallest absolute Gasteiger partial charge is 0.0702 e. The van der Waals surface area contributed by atoms with Crippen LogP contribution >= 0.6 is 9.66 Å². The number of benzene rings is 3. The first-order valence-corrected chi connectivity index (χ1v) is 12.0. The van der Waals surface area contributed by atoms with Gasteiger partial charge in [-0.15, -0.1) is 0 Å². The van der Waals surface area contributed by atoms with Crippen molar-refractivity contribution < 1.29 is 0 Å². The highest BCUT2D eigenvalue weighted by Gasteiger charge is 2.24. The summed E-state index contributed by atoms with van der Waals surface area (Å²) in [5, 5.41) is 0. The minimum atomic E-state index is -2.49. The van der Waals surface area contributed by atoms with Gasteiger partial charge in [0.1, 0.15) is 0 Å². The minimum Gasteiger partial charge on any atom is -0.256 e. The molecule has 0 radical (unpaired) electrons. The highest BCUT2D eigenvalue weighted by atomic mass is 32.2. The normalized spacial score (nSPS) is 11.2. The van der Waals surface area contributed by atoms with Crippen LogP contribution in [0.4, 0.5) is 0 Å². The van der Waals surface area contributed by atoms with Gasteiger partial charge in [0.2, 0.25) is 0 Å². The van der Waals surface area contributed by atoms with Crippen LogP contribution < -0.4 is 0 Å². The first-order valence-electron chi connectivity index (χ1n) is 10.4. The summed E-state index contributed by atoms with van der Waals surface area (Å²) in [4.78, 5) is 11.7. The number of pyridine rings is 2. The van der Waals surface area contributed by atoms with Crippen LogP contribution in [-0.2, 0) is 0 Å². The molecule has 2 heterocycles. The van der Waals surface area contributed by atoms with E-state index >= 15 is 0 Å². The zero-order chi connectivity index (χ0) is 21.8. The standard InChI is InChI=1S/C28H21N3S/c29-32(24-11-3-1-4-12-24,25-13-5-2-6-14-25)26-20-22(27-15-7-9-17-30-27)19-23(21-26)28-16-8-10-18-31-28/h1-21H. The third kappa shape index (κ3) is 3.74. The molecule has 0 aliphatic heterocycles. The SMILES string of the molecule is N#S(c1ccccc1)(c1ccccc1)c1cc(-c2ccccn2)cc(-c2ccccn2)c1. The first kappa shape index (κ1) is 20.0. The molecule has 2 aromatic heterocycles. The Morgan fingerprint density at radius 3 is 1.31 bits per heavy atom. The van der Waals surface area contributed by atoms with Gasteiger partial charge in [-0.25, -0.2) is 4.61 Å². The first-order chi connectivity index (χ1) is 15.7. The van der Waals surface area contributed by atoms with E-state index in [1.165, 1.54) is 0 Å². The quantitative estimate of drug-likeness (QED) is 0.289. The summed E-state index contributed by atoms with van der Waals surface area (Å²) in [6.45, 7) is 0. The van der Waals surface area contributed by atoms with Gasteiger partial charge in [-0.3, -0.25) is 9.97 Å². The van der Waals surface area contributed by atoms with Crippen molar-refractivity contribution in [3.63, 3.8) is 0 Å². The Morgan fingerprint density at radius 1 is 0.469 bits per heavy atom. The third-order valence-corrected chi connectivity index (χ3v) is 8.16. The van der Waals surface area contributed by atoms with Gasteiger partial charge in [-0.2, -0.15) is 0 Å². The Kier molecular flexibility index (Phi) is 5.39. The number of hydrogen-bond donors (Lipinski definition) is 0. The van der Waals surface area contributed by atoms with Crippen molar-refractivity contribution in [3.05, 3.63) is 128 Å². The van der Waals surface area contributed by atoms with Gasteiger partial charge < -0.3 is 0 Å². The molecule has 0 fully saturated rings. The number of aromatic nitrogens is 2. The molecular weight excluding hydrogens is 410 g/mol. The van der Waals surface area contributed by atoms with Crippen molar-refractivity contribution in [2.75, 3.05) is 0 Å². The molecule has 5 aromatic rings. The molecular formula is C28H21N3S. The molecule has 0 N–H and O–H groups in total. The zero-order valence-corrected chi connectivity index (χ0v) is 18.2. The maximum atomic E-state index is 12.4. The van der Waals surface area contributed by atoms with Gasteiger partial charge in [0, 0.05) is 47.9 Å². The van der Waals surface area contributed by atoms with Crippen LogP contribution in [0.1, 0.15) is 0 Å². The van der Waals surface area contributed by atoms with Crippen LogP contribution in [0.5, 0.6) is 0 Å². The van der Waals surface area contributed by atoms with Gasteiger partial charge in [-0.1, -0.05) is 48.5 Å².